The molecule has 0 radical (unpaired) electrons. The van der Waals surface area contributed by atoms with Gasteiger partial charge in [-0.25, -0.2) is 0 Å². The van der Waals surface area contributed by atoms with E-state index in [-0.39, 0.29) is 0 Å². The van der Waals surface area contributed by atoms with Gasteiger partial charge in [0.2, 0.25) is 0 Å². The summed E-state index contributed by atoms with van der Waals surface area (Å²) in [5, 5.41) is 4.36. The second-order valence-electron chi connectivity index (χ2n) is 4.86. The van der Waals surface area contributed by atoms with Gasteiger partial charge >= 0.3 is 0 Å². The molecular weight excluding hydrogens is 166 g/mol. The molecule has 2 heteroatoms. The number of hydrogen-bond donors (Lipinski definition) is 1. The van der Waals surface area contributed by atoms with Gasteiger partial charge < -0.3 is 5.32 Å². The molecule has 2 unspecified atom stereocenters. The van der Waals surface area contributed by atoms with Crippen molar-refractivity contribution >= 4 is 11.8 Å². The summed E-state index contributed by atoms with van der Waals surface area (Å²) in [6.45, 7) is 9.20. The first kappa shape index (κ1) is 10.4. The highest BCUT2D eigenvalue weighted by atomic mass is 32.2. The van der Waals surface area contributed by atoms with Gasteiger partial charge in [0.05, 0.1) is 5.37 Å². The third kappa shape index (κ3) is 3.36. The summed E-state index contributed by atoms with van der Waals surface area (Å²) in [5.41, 5.74) is 0.466. The van der Waals surface area contributed by atoms with Crippen molar-refractivity contribution in [2.24, 2.45) is 5.41 Å². The Morgan fingerprint density at radius 2 is 2.08 bits per heavy atom. The lowest BCUT2D eigenvalue weighted by Gasteiger charge is -2.22. The number of rotatable bonds is 2. The lowest BCUT2D eigenvalue weighted by atomic mass is 9.92. The molecule has 0 aromatic heterocycles. The maximum atomic E-state index is 3.66. The first-order valence-electron chi connectivity index (χ1n) is 4.89. The Kier molecular flexibility index (Phi) is 3.47. The molecule has 0 amide bonds. The second kappa shape index (κ2) is 4.01. The molecule has 1 aliphatic heterocycles. The van der Waals surface area contributed by atoms with Gasteiger partial charge in [-0.2, -0.15) is 0 Å². The van der Waals surface area contributed by atoms with Crippen molar-refractivity contribution in [3.8, 4) is 0 Å². The predicted octanol–water partition coefficient (Wildman–Crippen LogP) is 2.86. The van der Waals surface area contributed by atoms with Gasteiger partial charge in [-0.1, -0.05) is 27.7 Å². The molecule has 2 atom stereocenters. The largest absolute Gasteiger partial charge is 0.302 e. The predicted molar refractivity (Wildman–Crippen MR) is 57.5 cm³/mol. The van der Waals surface area contributed by atoms with Crippen molar-refractivity contribution in [3.63, 3.8) is 0 Å². The van der Waals surface area contributed by atoms with Crippen molar-refractivity contribution < 1.29 is 0 Å². The molecule has 1 rings (SSSR count). The molecule has 1 aliphatic rings. The summed E-state index contributed by atoms with van der Waals surface area (Å²) in [4.78, 5) is 0. The van der Waals surface area contributed by atoms with Gasteiger partial charge in [-0.3, -0.25) is 0 Å². The molecule has 0 aliphatic carbocycles. The normalized spacial score (nSPS) is 31.0. The van der Waals surface area contributed by atoms with Crippen molar-refractivity contribution in [2.75, 3.05) is 5.75 Å². The fraction of sp³-hybridized carbons (Fsp3) is 1.00. The quantitative estimate of drug-likeness (QED) is 0.713. The molecule has 1 fully saturated rings. The van der Waals surface area contributed by atoms with Crippen LogP contribution in [0.5, 0.6) is 0 Å². The van der Waals surface area contributed by atoms with Crippen LogP contribution < -0.4 is 5.32 Å². The summed E-state index contributed by atoms with van der Waals surface area (Å²) in [6, 6.07) is 0.766. The van der Waals surface area contributed by atoms with Gasteiger partial charge in [0, 0.05) is 11.8 Å². The maximum absolute atomic E-state index is 3.66. The molecule has 0 aromatic carbocycles. The molecule has 72 valence electrons. The van der Waals surface area contributed by atoms with E-state index >= 15 is 0 Å². The molecule has 0 saturated carbocycles. The van der Waals surface area contributed by atoms with Crippen LogP contribution in [0.2, 0.25) is 0 Å². The van der Waals surface area contributed by atoms with Crippen LogP contribution in [-0.2, 0) is 0 Å². The van der Waals surface area contributed by atoms with E-state index in [9.17, 15) is 0 Å². The van der Waals surface area contributed by atoms with Crippen LogP contribution in [0, 0.1) is 5.41 Å². The second-order valence-corrected chi connectivity index (χ2v) is 6.09. The van der Waals surface area contributed by atoms with Gasteiger partial charge in [-0.15, -0.1) is 11.8 Å². The third-order valence-electron chi connectivity index (χ3n) is 2.21. The molecule has 1 saturated heterocycles. The Labute approximate surface area is 80.7 Å². The van der Waals surface area contributed by atoms with Crippen molar-refractivity contribution in [1.82, 2.24) is 5.32 Å². The Hall–Kier alpha value is 0.310. The number of hydrogen-bond acceptors (Lipinski definition) is 2. The van der Waals surface area contributed by atoms with E-state index in [0.717, 1.165) is 6.04 Å². The summed E-state index contributed by atoms with van der Waals surface area (Å²) < 4.78 is 0. The number of nitrogens with one attached hydrogen (secondary N) is 1. The molecular formula is C10H21NS. The number of thioether (sulfide) groups is 1. The zero-order valence-electron chi connectivity index (χ0n) is 8.68. The first-order valence-corrected chi connectivity index (χ1v) is 5.94. The fourth-order valence-electron chi connectivity index (χ4n) is 1.50. The van der Waals surface area contributed by atoms with E-state index in [0.29, 0.717) is 10.8 Å². The lowest BCUT2D eigenvalue weighted by Crippen LogP contribution is -2.31. The van der Waals surface area contributed by atoms with Crippen LogP contribution in [0.15, 0.2) is 0 Å². The van der Waals surface area contributed by atoms with Crippen LogP contribution in [0.1, 0.15) is 40.5 Å². The average Bonchev–Trinajstić information content (AvgIpc) is 2.32. The molecule has 1 nitrogen and oxygen atoms in total. The zero-order chi connectivity index (χ0) is 9.19. The van der Waals surface area contributed by atoms with Gasteiger partial charge in [0.1, 0.15) is 0 Å². The Morgan fingerprint density at radius 1 is 1.42 bits per heavy atom. The highest BCUT2D eigenvalue weighted by molar-refractivity contribution is 8.00. The first-order chi connectivity index (χ1) is 5.51. The Morgan fingerprint density at radius 3 is 2.50 bits per heavy atom. The van der Waals surface area contributed by atoms with Gasteiger partial charge in [0.15, 0.2) is 0 Å². The van der Waals surface area contributed by atoms with Crippen LogP contribution in [0.25, 0.3) is 0 Å². The van der Waals surface area contributed by atoms with Gasteiger partial charge in [0.25, 0.3) is 0 Å². The molecule has 0 spiro atoms. The molecule has 1 N–H and O–H groups in total. The van der Waals surface area contributed by atoms with Crippen LogP contribution in [-0.4, -0.2) is 17.2 Å². The highest BCUT2D eigenvalue weighted by Gasteiger charge is 2.26. The van der Waals surface area contributed by atoms with Crippen molar-refractivity contribution in [2.45, 2.75) is 52.0 Å². The highest BCUT2D eigenvalue weighted by Crippen LogP contribution is 2.30. The van der Waals surface area contributed by atoms with E-state index in [1.165, 1.54) is 18.6 Å². The Balaban J connectivity index is 2.28. The van der Waals surface area contributed by atoms with Crippen LogP contribution in [0.4, 0.5) is 0 Å². The zero-order valence-corrected chi connectivity index (χ0v) is 9.50. The Bertz CT molecular complexity index is 139. The molecule has 12 heavy (non-hydrogen) atoms. The van der Waals surface area contributed by atoms with Crippen molar-refractivity contribution in [3.05, 3.63) is 0 Å². The maximum Gasteiger partial charge on any atom is 0.0540 e. The van der Waals surface area contributed by atoms with E-state index < -0.39 is 0 Å². The minimum Gasteiger partial charge on any atom is -0.302 e. The third-order valence-corrected chi connectivity index (χ3v) is 3.51. The van der Waals surface area contributed by atoms with Crippen LogP contribution in [0.3, 0.4) is 0 Å². The summed E-state index contributed by atoms with van der Waals surface area (Å²) in [6.07, 6.45) is 2.56. The molecule has 0 bridgehead atoms. The summed E-state index contributed by atoms with van der Waals surface area (Å²) in [5.74, 6) is 1.30. The van der Waals surface area contributed by atoms with Crippen molar-refractivity contribution in [1.29, 1.82) is 0 Å². The summed E-state index contributed by atoms with van der Waals surface area (Å²) in [7, 11) is 0. The molecule has 1 heterocycles. The molecule has 0 aromatic rings. The van der Waals surface area contributed by atoms with E-state index in [2.05, 4.69) is 44.8 Å². The lowest BCUT2D eigenvalue weighted by molar-refractivity contribution is 0.348. The average molecular weight is 187 g/mol. The van der Waals surface area contributed by atoms with E-state index in [4.69, 9.17) is 0 Å². The van der Waals surface area contributed by atoms with E-state index in [1.54, 1.807) is 0 Å². The van der Waals surface area contributed by atoms with Gasteiger partial charge in [-0.05, 0) is 18.3 Å². The van der Waals surface area contributed by atoms with Crippen LogP contribution >= 0.6 is 11.8 Å². The SMILES string of the molecule is CCC1CSC(CC(C)(C)C)N1. The fourth-order valence-corrected chi connectivity index (χ4v) is 3.20. The monoisotopic (exact) mass is 187 g/mol. The minimum absolute atomic E-state index is 0.466. The minimum atomic E-state index is 0.466. The topological polar surface area (TPSA) is 12.0 Å². The standard InChI is InChI=1S/C10H21NS/c1-5-8-7-12-9(11-8)6-10(2,3)4/h8-9,11H,5-7H2,1-4H3. The van der Waals surface area contributed by atoms with E-state index in [1.807, 2.05) is 0 Å². The smallest absolute Gasteiger partial charge is 0.0540 e. The summed E-state index contributed by atoms with van der Waals surface area (Å²) >= 11 is 2.09.